The van der Waals surface area contributed by atoms with Gasteiger partial charge in [-0.25, -0.2) is 4.98 Å². The highest BCUT2D eigenvalue weighted by atomic mass is 35.5. The molecule has 5 aromatic rings. The summed E-state index contributed by atoms with van der Waals surface area (Å²) in [5.41, 5.74) is 4.62. The Kier molecular flexibility index (Phi) is 9.16. The van der Waals surface area contributed by atoms with E-state index in [1.807, 2.05) is 35.2 Å². The first kappa shape index (κ1) is 33.1. The van der Waals surface area contributed by atoms with Crippen molar-refractivity contribution in [3.8, 4) is 11.5 Å². The topological polar surface area (TPSA) is 112 Å². The summed E-state index contributed by atoms with van der Waals surface area (Å²) in [6.45, 7) is 12.7. The van der Waals surface area contributed by atoms with E-state index in [1.165, 1.54) is 0 Å². The molecule has 2 N–H and O–H groups in total. The van der Waals surface area contributed by atoms with Crippen molar-refractivity contribution < 1.29 is 9.53 Å². The maximum atomic E-state index is 14.5. The molecule has 3 aromatic carbocycles. The van der Waals surface area contributed by atoms with Crippen LogP contribution in [0.5, 0.6) is 11.5 Å². The van der Waals surface area contributed by atoms with Crippen molar-refractivity contribution in [1.29, 1.82) is 0 Å². The fourth-order valence-electron chi connectivity index (χ4n) is 7.22. The van der Waals surface area contributed by atoms with Gasteiger partial charge in [-0.05, 0) is 75.2 Å². The molecule has 1 amide bonds. The number of benzene rings is 3. The van der Waals surface area contributed by atoms with Crippen molar-refractivity contribution in [2.75, 3.05) is 59.7 Å². The summed E-state index contributed by atoms with van der Waals surface area (Å²) < 4.78 is 6.81. The van der Waals surface area contributed by atoms with Gasteiger partial charge in [-0.2, -0.15) is 15.0 Å². The molecule has 12 heteroatoms. The Morgan fingerprint density at radius 3 is 2.00 bits per heavy atom. The molecule has 256 valence electrons. The van der Waals surface area contributed by atoms with Crippen LogP contribution in [-0.2, 0) is 5.54 Å². The van der Waals surface area contributed by atoms with Crippen molar-refractivity contribution in [3.63, 3.8) is 0 Å². The first-order valence-electron chi connectivity index (χ1n) is 17.1. The largest absolute Gasteiger partial charge is 0.456 e. The van der Waals surface area contributed by atoms with Crippen LogP contribution in [0.1, 0.15) is 54.7 Å². The number of carbonyl (C=O) groups is 1. The van der Waals surface area contributed by atoms with Gasteiger partial charge in [0.05, 0.1) is 0 Å². The minimum Gasteiger partial charge on any atom is -0.456 e. The van der Waals surface area contributed by atoms with Crippen molar-refractivity contribution in [2.45, 2.75) is 33.2 Å². The lowest BCUT2D eigenvalue weighted by Crippen LogP contribution is -2.49. The highest BCUT2D eigenvalue weighted by Crippen LogP contribution is 2.58. The second-order valence-electron chi connectivity index (χ2n) is 12.0. The molecule has 0 fully saturated rings. The Morgan fingerprint density at radius 2 is 1.38 bits per heavy atom. The second kappa shape index (κ2) is 13.8. The van der Waals surface area contributed by atoms with Gasteiger partial charge in [-0.1, -0.05) is 36.4 Å². The Hall–Kier alpha value is -5.42. The molecule has 0 saturated heterocycles. The standard InChI is InChI=1S/C38H40ClN9O2/c1-5-46(6-2)25-16-18-29-31(23-25)50-32-24-26(47(7-3)8-4)17-19-30(32)38(29)28-14-10-9-13-27(28)34(49)48(38)22-21-41-36-43-35(39)44-37(45-36)42-33-15-11-12-20-40-33/h9-20,23-24H,5-8,21-22H2,1-4H3,(H2,40,41,42,43,44,45). The SMILES string of the molecule is CCN(CC)c1ccc2c(c1)Oc1cc(N(CC)CC)ccc1C21c2ccccc2C(=O)N1CCNc1nc(Cl)nc(Nc2ccccn2)n1. The minimum absolute atomic E-state index is 0.0300. The van der Waals surface area contributed by atoms with Gasteiger partial charge in [0.1, 0.15) is 22.9 Å². The van der Waals surface area contributed by atoms with Crippen LogP contribution in [0.3, 0.4) is 0 Å². The number of anilines is 5. The van der Waals surface area contributed by atoms with Gasteiger partial charge in [0.25, 0.3) is 5.91 Å². The molecule has 0 saturated carbocycles. The van der Waals surface area contributed by atoms with E-state index in [9.17, 15) is 4.79 Å². The zero-order valence-corrected chi connectivity index (χ0v) is 29.4. The third-order valence-corrected chi connectivity index (χ3v) is 9.68. The van der Waals surface area contributed by atoms with E-state index in [2.05, 4.69) is 111 Å². The predicted octanol–water partition coefficient (Wildman–Crippen LogP) is 7.32. The van der Waals surface area contributed by atoms with Crippen LogP contribution in [0.4, 0.5) is 29.1 Å². The lowest BCUT2D eigenvalue weighted by atomic mass is 9.74. The predicted molar refractivity (Wildman–Crippen MR) is 198 cm³/mol. The smallest absolute Gasteiger partial charge is 0.255 e. The zero-order chi connectivity index (χ0) is 34.8. The summed E-state index contributed by atoms with van der Waals surface area (Å²) >= 11 is 6.30. The first-order valence-corrected chi connectivity index (χ1v) is 17.5. The number of aromatic nitrogens is 4. The quantitative estimate of drug-likeness (QED) is 0.138. The normalized spacial score (nSPS) is 13.7. The molecule has 0 aliphatic carbocycles. The van der Waals surface area contributed by atoms with Gasteiger partial charge >= 0.3 is 0 Å². The number of nitrogens with zero attached hydrogens (tertiary/aromatic N) is 7. The van der Waals surface area contributed by atoms with Crippen LogP contribution in [0.2, 0.25) is 5.28 Å². The molecule has 7 rings (SSSR count). The van der Waals surface area contributed by atoms with E-state index in [0.29, 0.717) is 24.5 Å². The van der Waals surface area contributed by atoms with Gasteiger partial charge in [0, 0.05) is 85.7 Å². The van der Waals surface area contributed by atoms with E-state index in [1.54, 1.807) is 12.3 Å². The molecule has 0 bridgehead atoms. The van der Waals surface area contributed by atoms with E-state index < -0.39 is 5.54 Å². The molecular weight excluding hydrogens is 650 g/mol. The highest BCUT2D eigenvalue weighted by Gasteiger charge is 2.56. The number of nitrogens with one attached hydrogen (secondary N) is 2. The molecule has 50 heavy (non-hydrogen) atoms. The molecule has 0 unspecified atom stereocenters. The maximum absolute atomic E-state index is 14.5. The molecule has 4 heterocycles. The number of carbonyl (C=O) groups excluding carboxylic acids is 1. The summed E-state index contributed by atoms with van der Waals surface area (Å²) in [7, 11) is 0. The summed E-state index contributed by atoms with van der Waals surface area (Å²) in [6.07, 6.45) is 1.67. The average molecular weight is 690 g/mol. The van der Waals surface area contributed by atoms with E-state index >= 15 is 0 Å². The van der Waals surface area contributed by atoms with Gasteiger partial charge in [0.2, 0.25) is 17.2 Å². The number of ether oxygens (including phenoxy) is 1. The molecule has 0 atom stereocenters. The Morgan fingerprint density at radius 1 is 0.760 bits per heavy atom. The zero-order valence-electron chi connectivity index (χ0n) is 28.7. The van der Waals surface area contributed by atoms with Gasteiger partial charge < -0.3 is 30.1 Å². The van der Waals surface area contributed by atoms with Gasteiger partial charge in [-0.15, -0.1) is 0 Å². The summed E-state index contributed by atoms with van der Waals surface area (Å²) in [5.74, 6) is 2.52. The van der Waals surface area contributed by atoms with Crippen molar-refractivity contribution >= 4 is 46.6 Å². The first-order chi connectivity index (χ1) is 24.4. The fourth-order valence-corrected chi connectivity index (χ4v) is 7.38. The highest BCUT2D eigenvalue weighted by molar-refractivity contribution is 6.28. The van der Waals surface area contributed by atoms with Gasteiger partial charge in [-0.3, -0.25) is 4.79 Å². The van der Waals surface area contributed by atoms with E-state index in [4.69, 9.17) is 16.3 Å². The van der Waals surface area contributed by atoms with Crippen LogP contribution < -0.4 is 25.2 Å². The van der Waals surface area contributed by atoms with Crippen molar-refractivity contribution in [3.05, 3.63) is 113 Å². The number of hydrogen-bond donors (Lipinski definition) is 2. The summed E-state index contributed by atoms with van der Waals surface area (Å²) in [4.78, 5) is 38.4. The van der Waals surface area contributed by atoms with E-state index in [0.717, 1.165) is 65.7 Å². The third-order valence-electron chi connectivity index (χ3n) is 9.52. The molecule has 1 spiro atoms. The summed E-state index contributed by atoms with van der Waals surface area (Å²) in [6, 6.07) is 26.1. The minimum atomic E-state index is -0.940. The van der Waals surface area contributed by atoms with Crippen molar-refractivity contribution in [2.24, 2.45) is 0 Å². The third kappa shape index (κ3) is 5.71. The van der Waals surface area contributed by atoms with E-state index in [-0.39, 0.29) is 23.1 Å². The average Bonchev–Trinajstić information content (AvgIpc) is 3.37. The molecule has 2 aliphatic heterocycles. The lowest BCUT2D eigenvalue weighted by molar-refractivity contribution is 0.0675. The molecule has 0 radical (unpaired) electrons. The number of pyridine rings is 1. The Labute approximate surface area is 297 Å². The van der Waals surface area contributed by atoms with Gasteiger partial charge in [0.15, 0.2) is 0 Å². The van der Waals surface area contributed by atoms with Crippen LogP contribution in [0.25, 0.3) is 0 Å². The number of rotatable bonds is 12. The number of halogens is 1. The second-order valence-corrected chi connectivity index (χ2v) is 12.4. The van der Waals surface area contributed by atoms with Crippen LogP contribution >= 0.6 is 11.6 Å². The monoisotopic (exact) mass is 689 g/mol. The molecule has 11 nitrogen and oxygen atoms in total. The number of fused-ring (bicyclic) bond motifs is 6. The number of hydrogen-bond acceptors (Lipinski definition) is 10. The molecule has 2 aliphatic rings. The number of amides is 1. The van der Waals surface area contributed by atoms with Crippen LogP contribution in [0.15, 0.2) is 85.1 Å². The Balaban J connectivity index is 1.31. The molecule has 2 aromatic heterocycles. The lowest BCUT2D eigenvalue weighted by Gasteiger charge is -2.45. The molecular formula is C38H40ClN9O2. The van der Waals surface area contributed by atoms with Crippen molar-refractivity contribution in [1.82, 2.24) is 24.8 Å². The maximum Gasteiger partial charge on any atom is 0.255 e. The fraction of sp³-hybridized carbons (Fsp3) is 0.289. The Bertz CT molecular complexity index is 1960. The summed E-state index contributed by atoms with van der Waals surface area (Å²) in [5, 5.41) is 6.38. The van der Waals surface area contributed by atoms with Crippen LogP contribution in [-0.4, -0.2) is 70.0 Å². The van der Waals surface area contributed by atoms with Crippen LogP contribution in [0, 0.1) is 0 Å².